The summed E-state index contributed by atoms with van der Waals surface area (Å²) in [5, 5.41) is 20.7. The molecule has 0 radical (unpaired) electrons. The molecule has 0 amide bonds. The van der Waals surface area contributed by atoms with Gasteiger partial charge < -0.3 is 19.3 Å². The first-order chi connectivity index (χ1) is 18.5. The molecule has 10 nitrogen and oxygen atoms in total. The molecule has 0 aliphatic heterocycles. The third-order valence-corrected chi connectivity index (χ3v) is 13.2. The van der Waals surface area contributed by atoms with Crippen molar-refractivity contribution in [2.24, 2.45) is 58.2 Å². The van der Waals surface area contributed by atoms with E-state index in [1.54, 1.807) is 0 Å². The van der Waals surface area contributed by atoms with Gasteiger partial charge >= 0.3 is 59.1 Å². The maximum absolute atomic E-state index is 11.4. The SMILES string of the molecule is C[C@H](CO)[C@@H](C)CC[C@@H](COS(=O)(=O)[O-])[C@H]1CC[C@H]2[C@@H]3CC[C@@H]4[C@H](O)[C@H](OS(=O)(=O)[O-])CC[C@]4(C)[C@H]3CC[C@]12C.[Na+].[Na+]. The Morgan fingerprint density at radius 2 is 1.40 bits per heavy atom. The second-order valence-corrected chi connectivity index (χ2v) is 16.1. The van der Waals surface area contributed by atoms with Crippen LogP contribution in [-0.2, 0) is 29.2 Å². The fourth-order valence-electron chi connectivity index (χ4n) is 9.88. The van der Waals surface area contributed by atoms with E-state index >= 15 is 0 Å². The van der Waals surface area contributed by atoms with Crippen LogP contribution < -0.4 is 59.1 Å². The smallest absolute Gasteiger partial charge is 0.726 e. The Bertz CT molecular complexity index is 1110. The van der Waals surface area contributed by atoms with Gasteiger partial charge in [-0.2, -0.15) is 0 Å². The predicted molar refractivity (Wildman–Crippen MR) is 145 cm³/mol. The van der Waals surface area contributed by atoms with Crippen LogP contribution in [0.1, 0.15) is 91.9 Å². The van der Waals surface area contributed by atoms with Crippen molar-refractivity contribution in [3.8, 4) is 0 Å². The number of fused-ring (bicyclic) bond motifs is 5. The monoisotopic (exact) mass is 654 g/mol. The Morgan fingerprint density at radius 3 is 2.00 bits per heavy atom. The molecule has 42 heavy (non-hydrogen) atoms. The largest absolute Gasteiger partial charge is 1.00 e. The van der Waals surface area contributed by atoms with E-state index in [-0.39, 0.29) is 113 Å². The predicted octanol–water partition coefficient (Wildman–Crippen LogP) is -2.39. The summed E-state index contributed by atoms with van der Waals surface area (Å²) in [7, 11) is -9.69. The second kappa shape index (κ2) is 15.3. The molecule has 0 unspecified atom stereocenters. The van der Waals surface area contributed by atoms with Gasteiger partial charge in [-0.1, -0.05) is 34.1 Å². The summed E-state index contributed by atoms with van der Waals surface area (Å²) < 4.78 is 77.5. The van der Waals surface area contributed by atoms with E-state index in [1.165, 1.54) is 0 Å². The first-order valence-corrected chi connectivity index (χ1v) is 17.7. The van der Waals surface area contributed by atoms with Crippen LogP contribution in [0.2, 0.25) is 0 Å². The van der Waals surface area contributed by atoms with E-state index in [2.05, 4.69) is 20.8 Å². The molecule has 0 aromatic rings. The van der Waals surface area contributed by atoms with Gasteiger partial charge in [0.2, 0.25) is 20.8 Å². The Balaban J connectivity index is 0.00000308. The average Bonchev–Trinajstić information content (AvgIpc) is 3.21. The summed E-state index contributed by atoms with van der Waals surface area (Å²) in [5.41, 5.74) is -0.199. The van der Waals surface area contributed by atoms with Gasteiger partial charge in [-0.25, -0.2) is 16.8 Å². The van der Waals surface area contributed by atoms with Crippen LogP contribution in [0.4, 0.5) is 0 Å². The van der Waals surface area contributed by atoms with Crippen molar-refractivity contribution < 1.29 is 104 Å². The van der Waals surface area contributed by atoms with Crippen molar-refractivity contribution in [3.63, 3.8) is 0 Å². The van der Waals surface area contributed by atoms with Crippen molar-refractivity contribution in [1.29, 1.82) is 0 Å². The van der Waals surface area contributed by atoms with E-state index in [0.717, 1.165) is 51.4 Å². The van der Waals surface area contributed by atoms with Gasteiger partial charge in [0.05, 0.1) is 12.7 Å². The number of rotatable bonds is 11. The topological polar surface area (TPSA) is 173 Å². The molecular weight excluding hydrogens is 606 g/mol. The molecule has 12 atom stereocenters. The molecule has 4 rings (SSSR count). The fourth-order valence-corrected chi connectivity index (χ4v) is 10.7. The zero-order valence-electron chi connectivity index (χ0n) is 26.2. The standard InChI is InChI=1S/C28H50O10S2.2Na/c1-17(18(2)15-29)5-6-19(16-37-39(31,32)33)21-9-10-22-20-7-8-24-26(30)25(38-40(34,35)36)12-14-28(24,4)23(20)11-13-27(21,22)3;;/h17-26,29-30H,5-16H2,1-4H3,(H,31,32,33)(H,34,35,36);;/q;2*+1/p-2/t17-,18+,19-,20-,21+,22-,23-,24+,25+,26-,27+,28+;;/m0../s1. The minimum Gasteiger partial charge on any atom is -0.726 e. The number of hydrogen-bond acceptors (Lipinski definition) is 10. The number of aliphatic hydroxyl groups is 2. The summed E-state index contributed by atoms with van der Waals surface area (Å²) >= 11 is 0. The van der Waals surface area contributed by atoms with Crippen molar-refractivity contribution in [1.82, 2.24) is 0 Å². The third-order valence-electron chi connectivity index (χ3n) is 12.3. The normalized spacial score (nSPS) is 40.3. The van der Waals surface area contributed by atoms with Crippen molar-refractivity contribution in [2.75, 3.05) is 13.2 Å². The Morgan fingerprint density at radius 1 is 0.810 bits per heavy atom. The van der Waals surface area contributed by atoms with Gasteiger partial charge in [-0.3, -0.25) is 8.37 Å². The molecular formula is C28H48Na2O10S2. The minimum absolute atomic E-state index is 0. The Labute approximate surface area is 297 Å². The van der Waals surface area contributed by atoms with Crippen LogP contribution in [-0.4, -0.2) is 61.6 Å². The molecule has 0 heterocycles. The van der Waals surface area contributed by atoms with Crippen LogP contribution >= 0.6 is 0 Å². The molecule has 0 aromatic heterocycles. The quantitative estimate of drug-likeness (QED) is 0.139. The maximum Gasteiger partial charge on any atom is 1.00 e. The second-order valence-electron chi connectivity index (χ2n) is 14.0. The molecule has 0 aromatic carbocycles. The van der Waals surface area contributed by atoms with Gasteiger partial charge in [0.15, 0.2) is 0 Å². The molecule has 4 fully saturated rings. The first-order valence-electron chi connectivity index (χ1n) is 15.0. The molecule has 0 bridgehead atoms. The summed E-state index contributed by atoms with van der Waals surface area (Å²) in [6.45, 7) is 8.62. The van der Waals surface area contributed by atoms with E-state index in [9.17, 15) is 36.2 Å². The average molecular weight is 655 g/mol. The molecule has 234 valence electrons. The van der Waals surface area contributed by atoms with Crippen molar-refractivity contribution in [2.45, 2.75) is 104 Å². The minimum atomic E-state index is -4.89. The van der Waals surface area contributed by atoms with Crippen LogP contribution in [0.25, 0.3) is 0 Å². The zero-order valence-corrected chi connectivity index (χ0v) is 31.9. The van der Waals surface area contributed by atoms with E-state index in [4.69, 9.17) is 8.37 Å². The van der Waals surface area contributed by atoms with Crippen LogP contribution in [0.15, 0.2) is 0 Å². The van der Waals surface area contributed by atoms with E-state index in [0.29, 0.717) is 30.6 Å². The third kappa shape index (κ3) is 8.57. The first kappa shape index (κ1) is 39.8. The van der Waals surface area contributed by atoms with Crippen molar-refractivity contribution in [3.05, 3.63) is 0 Å². The number of aliphatic hydroxyl groups excluding tert-OH is 2. The van der Waals surface area contributed by atoms with Gasteiger partial charge in [0.25, 0.3) is 0 Å². The van der Waals surface area contributed by atoms with Gasteiger partial charge in [-0.05, 0) is 116 Å². The maximum atomic E-state index is 11.4. The molecule has 4 aliphatic rings. The summed E-state index contributed by atoms with van der Waals surface area (Å²) in [6, 6.07) is 0. The Hall–Kier alpha value is 1.66. The van der Waals surface area contributed by atoms with Crippen LogP contribution in [0.3, 0.4) is 0 Å². The van der Waals surface area contributed by atoms with Crippen molar-refractivity contribution >= 4 is 20.8 Å². The van der Waals surface area contributed by atoms with Crippen LogP contribution in [0.5, 0.6) is 0 Å². The summed E-state index contributed by atoms with van der Waals surface area (Å²) in [4.78, 5) is 0. The molecule has 2 N–H and O–H groups in total. The van der Waals surface area contributed by atoms with E-state index < -0.39 is 33.0 Å². The zero-order chi connectivity index (χ0) is 29.7. The summed E-state index contributed by atoms with van der Waals surface area (Å²) in [6.07, 6.45) is 6.14. The van der Waals surface area contributed by atoms with E-state index in [1.807, 2.05) is 6.92 Å². The molecule has 4 aliphatic carbocycles. The molecule has 14 heteroatoms. The summed E-state index contributed by atoms with van der Waals surface area (Å²) in [5.74, 6) is 1.65. The van der Waals surface area contributed by atoms with Crippen LogP contribution in [0, 0.1) is 58.2 Å². The molecule has 4 saturated carbocycles. The molecule has 0 spiro atoms. The molecule has 0 saturated heterocycles. The Kier molecular flexibility index (Phi) is 14.5. The van der Waals surface area contributed by atoms with Gasteiger partial charge in [0.1, 0.15) is 6.10 Å². The van der Waals surface area contributed by atoms with Gasteiger partial charge in [0, 0.05) is 6.61 Å². The number of hydrogen-bond donors (Lipinski definition) is 2. The van der Waals surface area contributed by atoms with Gasteiger partial charge in [-0.15, -0.1) is 0 Å². The fraction of sp³-hybridized carbons (Fsp3) is 1.00.